The Morgan fingerprint density at radius 3 is 2.34 bits per heavy atom. The number of nitrogens with zero attached hydrogens (tertiary/aromatic N) is 1. The molecule has 0 saturated carbocycles. The van der Waals surface area contributed by atoms with Crippen LogP contribution in [0.3, 0.4) is 0 Å². The first-order chi connectivity index (χ1) is 13.7. The lowest BCUT2D eigenvalue weighted by Gasteiger charge is -2.25. The number of halogens is 3. The number of benzene rings is 2. The Morgan fingerprint density at radius 1 is 1.07 bits per heavy atom. The van der Waals surface area contributed by atoms with Gasteiger partial charge in [-0.3, -0.25) is 9.59 Å². The normalized spacial score (nSPS) is 11.7. The van der Waals surface area contributed by atoms with Gasteiger partial charge < -0.3 is 15.0 Å². The Morgan fingerprint density at radius 2 is 1.72 bits per heavy atom. The van der Waals surface area contributed by atoms with Crippen LogP contribution in [-0.2, 0) is 9.59 Å². The van der Waals surface area contributed by atoms with E-state index in [0.717, 1.165) is 11.6 Å². The van der Waals surface area contributed by atoms with Gasteiger partial charge in [-0.25, -0.2) is 13.2 Å². The fourth-order valence-corrected chi connectivity index (χ4v) is 2.65. The molecule has 1 atom stereocenters. The number of rotatable bonds is 8. The second kappa shape index (κ2) is 9.95. The van der Waals surface area contributed by atoms with Gasteiger partial charge in [0.1, 0.15) is 5.75 Å². The van der Waals surface area contributed by atoms with Gasteiger partial charge in [0.25, 0.3) is 5.91 Å². The van der Waals surface area contributed by atoms with Crippen molar-refractivity contribution in [2.45, 2.75) is 33.3 Å². The van der Waals surface area contributed by atoms with Crippen LogP contribution in [0.5, 0.6) is 5.75 Å². The first-order valence-electron chi connectivity index (χ1n) is 9.18. The summed E-state index contributed by atoms with van der Waals surface area (Å²) in [6, 6.07) is 8.80. The third kappa shape index (κ3) is 5.97. The SMILES string of the molecule is CCCN(CC(=O)Nc1ccc(F)c(F)c1F)C(=O)C(C)Oc1ccc(C)cc1. The number of aryl methyl sites for hydroxylation is 1. The standard InChI is InChI=1S/C21H23F3N2O3/c1-4-11-26(21(28)14(3)29-15-7-5-13(2)6-8-15)12-18(27)25-17-10-9-16(22)19(23)20(17)24/h5-10,14H,4,11-12H2,1-3H3,(H,25,27). The predicted molar refractivity (Wildman–Crippen MR) is 103 cm³/mol. The summed E-state index contributed by atoms with van der Waals surface area (Å²) in [5, 5.41) is 2.16. The highest BCUT2D eigenvalue weighted by atomic mass is 19.2. The Balaban J connectivity index is 2.04. The smallest absolute Gasteiger partial charge is 0.263 e. The summed E-state index contributed by atoms with van der Waals surface area (Å²) in [6.45, 7) is 5.22. The molecule has 29 heavy (non-hydrogen) atoms. The number of nitrogens with one attached hydrogen (secondary N) is 1. The maximum atomic E-state index is 13.7. The average Bonchev–Trinajstić information content (AvgIpc) is 2.69. The third-order valence-electron chi connectivity index (χ3n) is 4.13. The summed E-state index contributed by atoms with van der Waals surface area (Å²) in [6.07, 6.45) is -0.271. The zero-order valence-electron chi connectivity index (χ0n) is 16.5. The number of carbonyl (C=O) groups excluding carboxylic acids is 2. The lowest BCUT2D eigenvalue weighted by Crippen LogP contribution is -2.44. The number of hydrogen-bond donors (Lipinski definition) is 1. The second-order valence-corrected chi connectivity index (χ2v) is 6.60. The maximum absolute atomic E-state index is 13.7. The number of hydrogen-bond acceptors (Lipinski definition) is 3. The van der Waals surface area contributed by atoms with Crippen molar-refractivity contribution in [2.75, 3.05) is 18.4 Å². The third-order valence-corrected chi connectivity index (χ3v) is 4.13. The van der Waals surface area contributed by atoms with Crippen molar-refractivity contribution < 1.29 is 27.5 Å². The summed E-state index contributed by atoms with van der Waals surface area (Å²) >= 11 is 0. The van der Waals surface area contributed by atoms with Crippen LogP contribution in [0.15, 0.2) is 36.4 Å². The molecule has 0 bridgehead atoms. The van der Waals surface area contributed by atoms with E-state index in [1.165, 1.54) is 4.90 Å². The fraction of sp³-hybridized carbons (Fsp3) is 0.333. The topological polar surface area (TPSA) is 58.6 Å². The number of ether oxygens (including phenoxy) is 1. The van der Waals surface area contributed by atoms with Crippen LogP contribution in [0.25, 0.3) is 0 Å². The summed E-state index contributed by atoms with van der Waals surface area (Å²) in [5.41, 5.74) is 0.548. The van der Waals surface area contributed by atoms with E-state index in [9.17, 15) is 22.8 Å². The molecular weight excluding hydrogens is 385 g/mol. The van der Waals surface area contributed by atoms with E-state index in [2.05, 4.69) is 5.32 Å². The highest BCUT2D eigenvalue weighted by Crippen LogP contribution is 2.20. The minimum Gasteiger partial charge on any atom is -0.481 e. The van der Waals surface area contributed by atoms with Crippen LogP contribution in [0.2, 0.25) is 0 Å². The monoisotopic (exact) mass is 408 g/mol. The maximum Gasteiger partial charge on any atom is 0.263 e. The van der Waals surface area contributed by atoms with Crippen molar-refractivity contribution >= 4 is 17.5 Å². The van der Waals surface area contributed by atoms with Gasteiger partial charge in [-0.15, -0.1) is 0 Å². The Kier molecular flexibility index (Phi) is 7.64. The van der Waals surface area contributed by atoms with E-state index < -0.39 is 41.1 Å². The Hall–Kier alpha value is -3.03. The largest absolute Gasteiger partial charge is 0.481 e. The molecule has 2 rings (SSSR count). The zero-order chi connectivity index (χ0) is 21.6. The van der Waals surface area contributed by atoms with Crippen molar-refractivity contribution in [3.05, 3.63) is 59.4 Å². The quantitative estimate of drug-likeness (QED) is 0.671. The summed E-state index contributed by atoms with van der Waals surface area (Å²) in [5.74, 6) is -5.17. The van der Waals surface area contributed by atoms with Crippen molar-refractivity contribution in [3.8, 4) is 5.75 Å². The molecule has 0 spiro atoms. The van der Waals surface area contributed by atoms with E-state index in [0.29, 0.717) is 18.2 Å². The first kappa shape index (κ1) is 22.3. The molecule has 8 heteroatoms. The zero-order valence-corrected chi connectivity index (χ0v) is 16.5. The highest BCUT2D eigenvalue weighted by molar-refractivity contribution is 5.95. The highest BCUT2D eigenvalue weighted by Gasteiger charge is 2.24. The van der Waals surface area contributed by atoms with Crippen LogP contribution >= 0.6 is 0 Å². The molecule has 0 heterocycles. The molecule has 0 aliphatic heterocycles. The fourth-order valence-electron chi connectivity index (χ4n) is 2.65. The lowest BCUT2D eigenvalue weighted by atomic mass is 10.2. The summed E-state index contributed by atoms with van der Waals surface area (Å²) < 4.78 is 45.7. The molecule has 0 aliphatic carbocycles. The van der Waals surface area contributed by atoms with Crippen molar-refractivity contribution in [1.29, 1.82) is 0 Å². The average molecular weight is 408 g/mol. The van der Waals surface area contributed by atoms with E-state index in [1.54, 1.807) is 19.1 Å². The summed E-state index contributed by atoms with van der Waals surface area (Å²) in [7, 11) is 0. The Labute approximate surface area is 167 Å². The van der Waals surface area contributed by atoms with Gasteiger partial charge in [-0.1, -0.05) is 24.6 Å². The molecule has 2 aromatic rings. The van der Waals surface area contributed by atoms with Gasteiger partial charge in [0.2, 0.25) is 5.91 Å². The van der Waals surface area contributed by atoms with Crippen molar-refractivity contribution in [3.63, 3.8) is 0 Å². The van der Waals surface area contributed by atoms with Gasteiger partial charge in [-0.05, 0) is 44.5 Å². The minimum atomic E-state index is -1.68. The Bertz CT molecular complexity index is 872. The molecule has 0 aliphatic rings. The molecule has 0 saturated heterocycles. The first-order valence-corrected chi connectivity index (χ1v) is 9.18. The number of anilines is 1. The van der Waals surface area contributed by atoms with Crippen molar-refractivity contribution in [1.82, 2.24) is 4.90 Å². The van der Waals surface area contributed by atoms with Gasteiger partial charge in [-0.2, -0.15) is 0 Å². The van der Waals surface area contributed by atoms with Gasteiger partial charge >= 0.3 is 0 Å². The van der Waals surface area contributed by atoms with Crippen LogP contribution < -0.4 is 10.1 Å². The molecule has 5 nitrogen and oxygen atoms in total. The minimum absolute atomic E-state index is 0.272. The molecule has 2 aromatic carbocycles. The van der Waals surface area contributed by atoms with Crippen molar-refractivity contribution in [2.24, 2.45) is 0 Å². The van der Waals surface area contributed by atoms with E-state index in [4.69, 9.17) is 4.74 Å². The molecule has 156 valence electrons. The van der Waals surface area contributed by atoms with E-state index in [1.807, 2.05) is 26.0 Å². The van der Waals surface area contributed by atoms with Gasteiger partial charge in [0.05, 0.1) is 12.2 Å². The van der Waals surface area contributed by atoms with E-state index >= 15 is 0 Å². The molecule has 0 aromatic heterocycles. The van der Waals surface area contributed by atoms with Crippen LogP contribution in [0.4, 0.5) is 18.9 Å². The summed E-state index contributed by atoms with van der Waals surface area (Å²) in [4.78, 5) is 26.2. The molecule has 0 fully saturated rings. The van der Waals surface area contributed by atoms with Gasteiger partial charge in [0, 0.05) is 6.54 Å². The molecule has 2 amide bonds. The van der Waals surface area contributed by atoms with Crippen LogP contribution in [0, 0.1) is 24.4 Å². The number of carbonyl (C=O) groups is 2. The predicted octanol–water partition coefficient (Wildman–Crippen LogP) is 4.06. The molecule has 0 radical (unpaired) electrons. The molecule has 1 unspecified atom stereocenters. The van der Waals surface area contributed by atoms with E-state index in [-0.39, 0.29) is 13.1 Å². The molecular formula is C21H23F3N2O3. The van der Waals surface area contributed by atoms with Crippen LogP contribution in [0.1, 0.15) is 25.8 Å². The van der Waals surface area contributed by atoms with Gasteiger partial charge in [0.15, 0.2) is 23.6 Å². The number of amides is 2. The second-order valence-electron chi connectivity index (χ2n) is 6.60. The van der Waals surface area contributed by atoms with Crippen LogP contribution in [-0.4, -0.2) is 35.9 Å². The lowest BCUT2D eigenvalue weighted by molar-refractivity contribution is -0.140. The molecule has 1 N–H and O–H groups in total.